The summed E-state index contributed by atoms with van der Waals surface area (Å²) in [6.45, 7) is 3.68. The maximum atomic E-state index is 12.2. The van der Waals surface area contributed by atoms with Gasteiger partial charge in [-0.25, -0.2) is 0 Å². The predicted octanol–water partition coefficient (Wildman–Crippen LogP) is -0.135. The number of ether oxygens (including phenoxy) is 1. The van der Waals surface area contributed by atoms with Gasteiger partial charge in [0.15, 0.2) is 11.5 Å². The fourth-order valence-electron chi connectivity index (χ4n) is 2.12. The molecule has 2 rings (SSSR count). The third-order valence-corrected chi connectivity index (χ3v) is 3.23. The number of methoxy groups -OCH3 is 1. The average molecular weight is 298 g/mol. The number of amides is 1. The Bertz CT molecular complexity index is 483. The van der Waals surface area contributed by atoms with Crippen LogP contribution in [0.25, 0.3) is 0 Å². The van der Waals surface area contributed by atoms with Crippen LogP contribution in [-0.2, 0) is 11.3 Å². The first-order chi connectivity index (χ1) is 9.60. The van der Waals surface area contributed by atoms with E-state index in [9.17, 15) is 4.79 Å². The van der Waals surface area contributed by atoms with Crippen molar-refractivity contribution in [1.82, 2.24) is 15.0 Å². The molecule has 1 aromatic rings. The maximum Gasteiger partial charge on any atom is 0.276 e. The van der Waals surface area contributed by atoms with Gasteiger partial charge >= 0.3 is 0 Å². The minimum absolute atomic E-state index is 0.119. The van der Waals surface area contributed by atoms with Gasteiger partial charge in [-0.2, -0.15) is 0 Å². The predicted molar refractivity (Wildman–Crippen MR) is 76.3 cm³/mol. The smallest absolute Gasteiger partial charge is 0.276 e. The van der Waals surface area contributed by atoms with Gasteiger partial charge in [-0.1, -0.05) is 17.4 Å². The molecule has 0 aromatic carbocycles. The van der Waals surface area contributed by atoms with E-state index in [4.69, 9.17) is 27.2 Å². The van der Waals surface area contributed by atoms with E-state index < -0.39 is 0 Å². The zero-order chi connectivity index (χ0) is 14.5. The first kappa shape index (κ1) is 14.9. The molecule has 20 heavy (non-hydrogen) atoms. The molecule has 0 aliphatic carbocycles. The van der Waals surface area contributed by atoms with E-state index in [1.54, 1.807) is 18.1 Å². The summed E-state index contributed by atoms with van der Waals surface area (Å²) in [7, 11) is 1.56. The topological polar surface area (TPSA) is 84.8 Å². The minimum atomic E-state index is -0.119. The Labute approximate surface area is 122 Å². The van der Waals surface area contributed by atoms with Gasteiger partial charge in [0.25, 0.3) is 5.91 Å². The van der Waals surface area contributed by atoms with Gasteiger partial charge in [0.1, 0.15) is 6.61 Å². The lowest BCUT2D eigenvalue weighted by Gasteiger charge is -2.33. The van der Waals surface area contributed by atoms with Crippen molar-refractivity contribution in [2.45, 2.75) is 6.61 Å². The summed E-state index contributed by atoms with van der Waals surface area (Å²) < 4.78 is 9.95. The second kappa shape index (κ2) is 6.78. The molecule has 0 unspecified atom stereocenters. The summed E-state index contributed by atoms with van der Waals surface area (Å²) in [5, 5.41) is 3.78. The lowest BCUT2D eigenvalue weighted by Crippen LogP contribution is -2.50. The molecule has 110 valence electrons. The summed E-state index contributed by atoms with van der Waals surface area (Å²) in [5.74, 6) is 0.425. The molecule has 2 N–H and O–H groups in total. The van der Waals surface area contributed by atoms with Gasteiger partial charge in [0.2, 0.25) is 0 Å². The summed E-state index contributed by atoms with van der Waals surface area (Å²) >= 11 is 4.88. The Morgan fingerprint density at radius 2 is 2.20 bits per heavy atom. The highest BCUT2D eigenvalue weighted by atomic mass is 32.1. The number of carbonyl (C=O) groups excluding carboxylic acids is 1. The molecule has 2 heterocycles. The number of aromatic nitrogens is 1. The Balaban J connectivity index is 1.89. The summed E-state index contributed by atoms with van der Waals surface area (Å²) in [5.41, 5.74) is 5.83. The van der Waals surface area contributed by atoms with Crippen molar-refractivity contribution in [3.8, 4) is 0 Å². The second-order valence-electron chi connectivity index (χ2n) is 4.65. The molecular formula is C12H18N4O3S. The Morgan fingerprint density at radius 1 is 1.50 bits per heavy atom. The standard InChI is InChI=1S/C12H18N4O3S/c1-18-8-9-6-10(14-19-9)12(17)16-4-2-15(3-5-16)7-11(13)20/h6H,2-5,7-8H2,1H3,(H2,13,20). The van der Waals surface area contributed by atoms with Gasteiger partial charge in [-0.05, 0) is 0 Å². The number of rotatable bonds is 5. The quantitative estimate of drug-likeness (QED) is 0.758. The van der Waals surface area contributed by atoms with E-state index in [1.165, 1.54) is 0 Å². The van der Waals surface area contributed by atoms with Crippen LogP contribution in [0, 0.1) is 0 Å². The largest absolute Gasteiger partial charge is 0.392 e. The van der Waals surface area contributed by atoms with Gasteiger partial charge in [-0.3, -0.25) is 9.69 Å². The highest BCUT2D eigenvalue weighted by Gasteiger charge is 2.24. The van der Waals surface area contributed by atoms with E-state index in [0.717, 1.165) is 13.1 Å². The Kier molecular flexibility index (Phi) is 5.05. The van der Waals surface area contributed by atoms with Crippen LogP contribution in [0.1, 0.15) is 16.2 Å². The number of piperazine rings is 1. The zero-order valence-corrected chi connectivity index (χ0v) is 12.2. The molecule has 8 heteroatoms. The monoisotopic (exact) mass is 298 g/mol. The summed E-state index contributed by atoms with van der Waals surface area (Å²) in [6.07, 6.45) is 0. The van der Waals surface area contributed by atoms with Crippen molar-refractivity contribution in [2.75, 3.05) is 39.8 Å². The van der Waals surface area contributed by atoms with Crippen molar-refractivity contribution in [3.05, 3.63) is 17.5 Å². The highest BCUT2D eigenvalue weighted by Crippen LogP contribution is 2.10. The number of hydrogen-bond donors (Lipinski definition) is 1. The third-order valence-electron chi connectivity index (χ3n) is 3.10. The minimum Gasteiger partial charge on any atom is -0.392 e. The number of nitrogens with two attached hydrogens (primary N) is 1. The van der Waals surface area contributed by atoms with E-state index in [1.807, 2.05) is 0 Å². The number of thiocarbonyl (C=S) groups is 1. The molecule has 7 nitrogen and oxygen atoms in total. The van der Waals surface area contributed by atoms with E-state index >= 15 is 0 Å². The van der Waals surface area contributed by atoms with Crippen molar-refractivity contribution in [3.63, 3.8) is 0 Å². The normalized spacial score (nSPS) is 16.4. The van der Waals surface area contributed by atoms with Crippen LogP contribution in [-0.4, -0.2) is 65.7 Å². The van der Waals surface area contributed by atoms with Crippen LogP contribution < -0.4 is 5.73 Å². The van der Waals surface area contributed by atoms with E-state index in [-0.39, 0.29) is 5.91 Å². The van der Waals surface area contributed by atoms with Crippen molar-refractivity contribution >= 4 is 23.1 Å². The number of nitrogens with zero attached hydrogens (tertiary/aromatic N) is 3. The fraction of sp³-hybridized carbons (Fsp3) is 0.583. The summed E-state index contributed by atoms with van der Waals surface area (Å²) in [4.78, 5) is 16.6. The SMILES string of the molecule is COCc1cc(C(=O)N2CCN(CC(N)=S)CC2)no1. The Hall–Kier alpha value is -1.51. The van der Waals surface area contributed by atoms with Crippen LogP contribution >= 0.6 is 12.2 Å². The number of carbonyl (C=O) groups is 1. The molecule has 1 saturated heterocycles. The maximum absolute atomic E-state index is 12.2. The van der Waals surface area contributed by atoms with Gasteiger partial charge in [-0.15, -0.1) is 0 Å². The molecule has 1 aliphatic heterocycles. The van der Waals surface area contributed by atoms with Crippen molar-refractivity contribution in [1.29, 1.82) is 0 Å². The molecule has 0 spiro atoms. The molecule has 0 radical (unpaired) electrons. The van der Waals surface area contributed by atoms with Gasteiger partial charge in [0.05, 0.1) is 4.99 Å². The first-order valence-corrected chi connectivity index (χ1v) is 6.75. The van der Waals surface area contributed by atoms with E-state index in [0.29, 0.717) is 42.7 Å². The van der Waals surface area contributed by atoms with Crippen LogP contribution in [0.15, 0.2) is 10.6 Å². The highest BCUT2D eigenvalue weighted by molar-refractivity contribution is 7.80. The first-order valence-electron chi connectivity index (χ1n) is 6.34. The molecule has 0 saturated carbocycles. The molecule has 0 atom stereocenters. The third kappa shape index (κ3) is 3.75. The van der Waals surface area contributed by atoms with Crippen molar-refractivity contribution < 1.29 is 14.1 Å². The van der Waals surface area contributed by atoms with Gasteiger partial charge in [0, 0.05) is 45.9 Å². The summed E-state index contributed by atoms with van der Waals surface area (Å²) in [6, 6.07) is 1.62. The molecule has 1 aliphatic rings. The van der Waals surface area contributed by atoms with Crippen LogP contribution in [0.3, 0.4) is 0 Å². The van der Waals surface area contributed by atoms with Crippen LogP contribution in [0.5, 0.6) is 0 Å². The lowest BCUT2D eigenvalue weighted by atomic mass is 10.2. The molecule has 1 aromatic heterocycles. The average Bonchev–Trinajstić information content (AvgIpc) is 2.87. The second-order valence-corrected chi connectivity index (χ2v) is 5.17. The molecule has 0 bridgehead atoms. The molecule has 1 amide bonds. The lowest BCUT2D eigenvalue weighted by molar-refractivity contribution is 0.0644. The van der Waals surface area contributed by atoms with Crippen LogP contribution in [0.2, 0.25) is 0 Å². The Morgan fingerprint density at radius 3 is 2.80 bits per heavy atom. The van der Waals surface area contributed by atoms with E-state index in [2.05, 4.69) is 10.1 Å². The van der Waals surface area contributed by atoms with Crippen LogP contribution in [0.4, 0.5) is 0 Å². The molecular weight excluding hydrogens is 280 g/mol. The molecule has 1 fully saturated rings. The zero-order valence-electron chi connectivity index (χ0n) is 11.4. The fourth-order valence-corrected chi connectivity index (χ4v) is 2.30. The van der Waals surface area contributed by atoms with Gasteiger partial charge < -0.3 is 19.9 Å². The van der Waals surface area contributed by atoms with Crippen molar-refractivity contribution in [2.24, 2.45) is 5.73 Å². The number of hydrogen-bond acceptors (Lipinski definition) is 6.